The molecule has 2 aliphatic heterocycles. The Hall–Kier alpha value is -1.34. The minimum Gasteiger partial charge on any atom is -0.444 e. The molecule has 0 aromatic carbocycles. The number of aromatic nitrogens is 1. The van der Waals surface area contributed by atoms with Gasteiger partial charge in [0.1, 0.15) is 5.60 Å². The summed E-state index contributed by atoms with van der Waals surface area (Å²) in [6.45, 7) is 11.2. The van der Waals surface area contributed by atoms with Crippen LogP contribution < -0.4 is 4.90 Å². The van der Waals surface area contributed by atoms with Gasteiger partial charge in [0.25, 0.3) is 0 Å². The van der Waals surface area contributed by atoms with Gasteiger partial charge in [-0.1, -0.05) is 11.3 Å². The van der Waals surface area contributed by atoms with Crippen molar-refractivity contribution in [2.45, 2.75) is 39.3 Å². The number of carbonyl (C=O) groups excluding carboxylic acids is 1. The largest absolute Gasteiger partial charge is 0.444 e. The highest BCUT2D eigenvalue weighted by molar-refractivity contribution is 7.15. The molecule has 0 aliphatic carbocycles. The monoisotopic (exact) mass is 338 g/mol. The normalized spacial score (nSPS) is 19.7. The molecule has 2 aliphatic rings. The van der Waals surface area contributed by atoms with Crippen LogP contribution in [0.4, 0.5) is 9.93 Å². The molecule has 3 rings (SSSR count). The van der Waals surface area contributed by atoms with Gasteiger partial charge in [-0.05, 0) is 27.8 Å². The van der Waals surface area contributed by atoms with Crippen LogP contribution in [0.5, 0.6) is 0 Å². The van der Waals surface area contributed by atoms with Crippen molar-refractivity contribution in [3.05, 3.63) is 10.6 Å². The van der Waals surface area contributed by atoms with Crippen molar-refractivity contribution in [1.29, 1.82) is 0 Å². The Morgan fingerprint density at radius 1 is 1.17 bits per heavy atom. The quantitative estimate of drug-likeness (QED) is 0.786. The van der Waals surface area contributed by atoms with Gasteiger partial charge in [0.2, 0.25) is 0 Å². The lowest BCUT2D eigenvalue weighted by molar-refractivity contribution is 0.0225. The number of nitrogens with zero attached hydrogens (tertiary/aromatic N) is 4. The summed E-state index contributed by atoms with van der Waals surface area (Å²) in [7, 11) is 2.16. The third kappa shape index (κ3) is 3.95. The molecule has 7 heteroatoms. The summed E-state index contributed by atoms with van der Waals surface area (Å²) in [6.07, 6.45) is 0.594. The van der Waals surface area contributed by atoms with Gasteiger partial charge >= 0.3 is 6.09 Å². The molecule has 0 spiro atoms. The van der Waals surface area contributed by atoms with Gasteiger partial charge in [-0.25, -0.2) is 9.78 Å². The number of rotatable bonds is 1. The minimum absolute atomic E-state index is 0.224. The van der Waals surface area contributed by atoms with Gasteiger partial charge in [0.05, 0.1) is 12.2 Å². The van der Waals surface area contributed by atoms with Crippen LogP contribution >= 0.6 is 11.3 Å². The Morgan fingerprint density at radius 3 is 2.52 bits per heavy atom. The zero-order valence-electron chi connectivity index (χ0n) is 14.5. The number of amides is 1. The highest BCUT2D eigenvalue weighted by Crippen LogP contribution is 2.31. The van der Waals surface area contributed by atoms with E-state index >= 15 is 0 Å². The summed E-state index contributed by atoms with van der Waals surface area (Å²) < 4.78 is 5.48. The molecule has 0 N–H and O–H groups in total. The Morgan fingerprint density at radius 2 is 1.87 bits per heavy atom. The maximum absolute atomic E-state index is 12.2. The van der Waals surface area contributed by atoms with Gasteiger partial charge in [0, 0.05) is 44.0 Å². The molecular formula is C16H26N4O2S. The molecule has 1 aromatic rings. The third-order valence-electron chi connectivity index (χ3n) is 4.15. The average Bonchev–Trinajstić information content (AvgIpc) is 2.89. The first-order valence-electron chi connectivity index (χ1n) is 8.22. The lowest BCUT2D eigenvalue weighted by Crippen LogP contribution is -2.44. The smallest absolute Gasteiger partial charge is 0.410 e. The molecular weight excluding hydrogens is 312 g/mol. The standard InChI is InChI=1S/C16H26N4O2S/c1-16(2,3)22-15(21)20-6-5-12-13(11-20)23-14(17-12)19-9-7-18(4)8-10-19/h5-11H2,1-4H3. The van der Waals surface area contributed by atoms with Crippen molar-refractivity contribution in [2.75, 3.05) is 44.7 Å². The number of thiazole rings is 1. The van der Waals surface area contributed by atoms with Crippen molar-refractivity contribution in [3.8, 4) is 0 Å². The predicted octanol–water partition coefficient (Wildman–Crippen LogP) is 2.19. The SMILES string of the molecule is CN1CCN(c2nc3c(s2)CN(C(=O)OC(C)(C)C)CC3)CC1. The van der Waals surface area contributed by atoms with E-state index in [1.54, 1.807) is 16.2 Å². The lowest BCUT2D eigenvalue weighted by atomic mass is 10.2. The topological polar surface area (TPSA) is 48.9 Å². The van der Waals surface area contributed by atoms with Crippen molar-refractivity contribution >= 4 is 22.6 Å². The Bertz CT molecular complexity index is 573. The fourth-order valence-corrected chi connectivity index (χ4v) is 3.97. The predicted molar refractivity (Wildman–Crippen MR) is 92.2 cm³/mol. The second-order valence-corrected chi connectivity index (χ2v) is 8.37. The van der Waals surface area contributed by atoms with Crippen LogP contribution in [0.25, 0.3) is 0 Å². The van der Waals surface area contributed by atoms with E-state index in [0.717, 1.165) is 43.4 Å². The van der Waals surface area contributed by atoms with Crippen LogP contribution in [0.3, 0.4) is 0 Å². The third-order valence-corrected chi connectivity index (χ3v) is 5.29. The minimum atomic E-state index is -0.448. The first-order chi connectivity index (χ1) is 10.8. The van der Waals surface area contributed by atoms with Crippen LogP contribution in [-0.4, -0.2) is 66.2 Å². The van der Waals surface area contributed by atoms with Crippen molar-refractivity contribution < 1.29 is 9.53 Å². The second kappa shape index (κ2) is 6.28. The van der Waals surface area contributed by atoms with Crippen LogP contribution in [0.1, 0.15) is 31.3 Å². The Kier molecular flexibility index (Phi) is 4.51. The molecule has 3 heterocycles. The highest BCUT2D eigenvalue weighted by atomic mass is 32.1. The molecule has 128 valence electrons. The van der Waals surface area contributed by atoms with Gasteiger partial charge in [-0.15, -0.1) is 0 Å². The molecule has 1 amide bonds. The first kappa shape index (κ1) is 16.5. The second-order valence-electron chi connectivity index (χ2n) is 7.31. The number of hydrogen-bond acceptors (Lipinski definition) is 6. The summed E-state index contributed by atoms with van der Waals surface area (Å²) >= 11 is 1.73. The number of ether oxygens (including phenoxy) is 1. The van der Waals surface area contributed by atoms with Crippen LogP contribution in [0.2, 0.25) is 0 Å². The summed E-state index contributed by atoms with van der Waals surface area (Å²) in [5.41, 5.74) is 0.708. The van der Waals surface area contributed by atoms with Crippen LogP contribution in [0.15, 0.2) is 0 Å². The number of hydrogen-bond donors (Lipinski definition) is 0. The molecule has 0 saturated carbocycles. The fraction of sp³-hybridized carbons (Fsp3) is 0.750. The molecule has 0 radical (unpaired) electrons. The summed E-state index contributed by atoms with van der Waals surface area (Å²) in [5.74, 6) is 0. The zero-order valence-corrected chi connectivity index (χ0v) is 15.3. The van der Waals surface area contributed by atoms with E-state index in [0.29, 0.717) is 13.1 Å². The molecule has 23 heavy (non-hydrogen) atoms. The van der Waals surface area contributed by atoms with E-state index in [9.17, 15) is 4.79 Å². The summed E-state index contributed by atoms with van der Waals surface area (Å²) in [5, 5.41) is 1.11. The van der Waals surface area contributed by atoms with Crippen LogP contribution in [-0.2, 0) is 17.7 Å². The van der Waals surface area contributed by atoms with Crippen molar-refractivity contribution in [1.82, 2.24) is 14.8 Å². The van der Waals surface area contributed by atoms with Gasteiger partial charge < -0.3 is 19.4 Å². The van der Waals surface area contributed by atoms with E-state index in [2.05, 4.69) is 16.8 Å². The maximum Gasteiger partial charge on any atom is 0.410 e. The van der Waals surface area contributed by atoms with E-state index in [4.69, 9.17) is 9.72 Å². The number of fused-ring (bicyclic) bond motifs is 1. The number of carbonyl (C=O) groups is 1. The van der Waals surface area contributed by atoms with E-state index in [-0.39, 0.29) is 6.09 Å². The average molecular weight is 338 g/mol. The van der Waals surface area contributed by atoms with E-state index < -0.39 is 5.60 Å². The highest BCUT2D eigenvalue weighted by Gasteiger charge is 2.29. The van der Waals surface area contributed by atoms with Crippen LogP contribution in [0, 0.1) is 0 Å². The van der Waals surface area contributed by atoms with E-state index in [1.165, 1.54) is 4.88 Å². The van der Waals surface area contributed by atoms with E-state index in [1.807, 2.05) is 20.8 Å². The molecule has 6 nitrogen and oxygen atoms in total. The first-order valence-corrected chi connectivity index (χ1v) is 9.03. The Labute approximate surface area is 142 Å². The Balaban J connectivity index is 1.66. The van der Waals surface area contributed by atoms with Gasteiger partial charge in [0.15, 0.2) is 5.13 Å². The van der Waals surface area contributed by atoms with Gasteiger partial charge in [-0.3, -0.25) is 0 Å². The number of piperazine rings is 1. The summed E-state index contributed by atoms with van der Waals surface area (Å²) in [4.78, 5) is 24.8. The van der Waals surface area contributed by atoms with Gasteiger partial charge in [-0.2, -0.15) is 0 Å². The number of anilines is 1. The van der Waals surface area contributed by atoms with Crippen molar-refractivity contribution in [2.24, 2.45) is 0 Å². The van der Waals surface area contributed by atoms with Crippen molar-refractivity contribution in [3.63, 3.8) is 0 Å². The fourth-order valence-electron chi connectivity index (χ4n) is 2.80. The zero-order chi connectivity index (χ0) is 16.6. The molecule has 0 unspecified atom stereocenters. The molecule has 1 aromatic heterocycles. The summed E-state index contributed by atoms with van der Waals surface area (Å²) in [6, 6.07) is 0. The number of likely N-dealkylation sites (N-methyl/N-ethyl adjacent to an activating group) is 1. The maximum atomic E-state index is 12.2. The lowest BCUT2D eigenvalue weighted by Gasteiger charge is -2.32. The molecule has 1 fully saturated rings. The molecule has 0 bridgehead atoms. The molecule has 1 saturated heterocycles. The molecule has 0 atom stereocenters.